The van der Waals surface area contributed by atoms with Crippen molar-refractivity contribution < 1.29 is 14.3 Å². The number of anilines is 1. The summed E-state index contributed by atoms with van der Waals surface area (Å²) in [5.41, 5.74) is 2.92. The number of nitrogens with zero attached hydrogens (tertiary/aromatic N) is 1. The monoisotopic (exact) mass is 365 g/mol. The third kappa shape index (κ3) is 5.79. The van der Waals surface area contributed by atoms with E-state index < -0.39 is 5.91 Å². The lowest BCUT2D eigenvalue weighted by molar-refractivity contribution is -0.117. The fraction of sp³-hybridized carbons (Fsp3) is 0.238. The molecule has 6 nitrogen and oxygen atoms in total. The third-order valence-corrected chi connectivity index (χ3v) is 3.91. The average Bonchev–Trinajstić information content (AvgIpc) is 2.68. The number of amides is 1. The van der Waals surface area contributed by atoms with Gasteiger partial charge in [-0.3, -0.25) is 4.79 Å². The van der Waals surface area contributed by atoms with Gasteiger partial charge in [0.1, 0.15) is 11.6 Å². The second-order valence-electron chi connectivity index (χ2n) is 5.88. The number of methoxy groups -OCH3 is 2. The van der Waals surface area contributed by atoms with Crippen molar-refractivity contribution in [1.82, 2.24) is 5.32 Å². The molecule has 0 aliphatic carbocycles. The van der Waals surface area contributed by atoms with Crippen LogP contribution in [-0.2, 0) is 11.2 Å². The molecule has 0 spiro atoms. The molecule has 0 saturated heterocycles. The summed E-state index contributed by atoms with van der Waals surface area (Å²) in [5.74, 6) is 0.877. The van der Waals surface area contributed by atoms with Crippen LogP contribution in [0.25, 0.3) is 0 Å². The fourth-order valence-corrected chi connectivity index (χ4v) is 2.49. The lowest BCUT2D eigenvalue weighted by Gasteiger charge is -2.10. The van der Waals surface area contributed by atoms with Gasteiger partial charge in [0.2, 0.25) is 0 Å². The van der Waals surface area contributed by atoms with Gasteiger partial charge in [0.25, 0.3) is 5.91 Å². The maximum atomic E-state index is 12.2. The van der Waals surface area contributed by atoms with E-state index in [1.54, 1.807) is 14.2 Å². The van der Waals surface area contributed by atoms with Gasteiger partial charge in [-0.2, -0.15) is 5.26 Å². The number of hydrogen-bond acceptors (Lipinski definition) is 5. The summed E-state index contributed by atoms with van der Waals surface area (Å²) in [4.78, 5) is 12.2. The second-order valence-corrected chi connectivity index (χ2v) is 5.88. The van der Waals surface area contributed by atoms with Gasteiger partial charge in [0.05, 0.1) is 14.2 Å². The van der Waals surface area contributed by atoms with Crippen molar-refractivity contribution in [1.29, 1.82) is 5.26 Å². The van der Waals surface area contributed by atoms with Crippen molar-refractivity contribution in [2.45, 2.75) is 13.3 Å². The van der Waals surface area contributed by atoms with Crippen LogP contribution >= 0.6 is 0 Å². The molecule has 0 atom stereocenters. The predicted molar refractivity (Wildman–Crippen MR) is 105 cm³/mol. The topological polar surface area (TPSA) is 83.4 Å². The molecule has 0 radical (unpaired) electrons. The molecule has 140 valence electrons. The van der Waals surface area contributed by atoms with Crippen molar-refractivity contribution in [3.63, 3.8) is 0 Å². The zero-order chi connectivity index (χ0) is 19.6. The molecule has 27 heavy (non-hydrogen) atoms. The molecule has 2 rings (SSSR count). The second kappa shape index (κ2) is 9.88. The van der Waals surface area contributed by atoms with Gasteiger partial charge < -0.3 is 20.1 Å². The molecular weight excluding hydrogens is 342 g/mol. The minimum Gasteiger partial charge on any atom is -0.493 e. The van der Waals surface area contributed by atoms with E-state index in [0.29, 0.717) is 24.5 Å². The van der Waals surface area contributed by atoms with E-state index in [4.69, 9.17) is 9.47 Å². The van der Waals surface area contributed by atoms with Crippen LogP contribution < -0.4 is 20.1 Å². The number of aryl methyl sites for hydroxylation is 1. The van der Waals surface area contributed by atoms with Gasteiger partial charge in [0, 0.05) is 18.4 Å². The molecule has 1 amide bonds. The van der Waals surface area contributed by atoms with Crippen molar-refractivity contribution in [2.24, 2.45) is 0 Å². The van der Waals surface area contributed by atoms with Crippen molar-refractivity contribution >= 4 is 11.6 Å². The van der Waals surface area contributed by atoms with Crippen LogP contribution in [0.3, 0.4) is 0 Å². The molecule has 0 fully saturated rings. The number of nitriles is 1. The van der Waals surface area contributed by atoms with Crippen LogP contribution in [0, 0.1) is 18.3 Å². The molecule has 0 aliphatic rings. The van der Waals surface area contributed by atoms with Gasteiger partial charge in [-0.1, -0.05) is 18.2 Å². The van der Waals surface area contributed by atoms with E-state index in [-0.39, 0.29) is 5.57 Å². The van der Waals surface area contributed by atoms with E-state index >= 15 is 0 Å². The van der Waals surface area contributed by atoms with Gasteiger partial charge in [-0.15, -0.1) is 0 Å². The number of ether oxygens (including phenoxy) is 2. The third-order valence-electron chi connectivity index (χ3n) is 3.91. The number of carbonyl (C=O) groups excluding carboxylic acids is 1. The normalized spacial score (nSPS) is 10.7. The summed E-state index contributed by atoms with van der Waals surface area (Å²) in [5, 5.41) is 15.0. The van der Waals surface area contributed by atoms with E-state index in [1.165, 1.54) is 6.20 Å². The van der Waals surface area contributed by atoms with Crippen molar-refractivity contribution in [3.8, 4) is 17.6 Å². The Balaban J connectivity index is 1.91. The van der Waals surface area contributed by atoms with E-state index in [1.807, 2.05) is 55.5 Å². The first kappa shape index (κ1) is 19.9. The number of nitrogens with one attached hydrogen (secondary N) is 2. The Morgan fingerprint density at radius 2 is 1.93 bits per heavy atom. The fourth-order valence-electron chi connectivity index (χ4n) is 2.49. The highest BCUT2D eigenvalue weighted by molar-refractivity contribution is 5.97. The Morgan fingerprint density at radius 3 is 2.59 bits per heavy atom. The number of benzene rings is 2. The SMILES string of the molecule is COc1ccc(CCNC(=O)/C(C#N)=C\Nc2cccc(C)c2)cc1OC. The predicted octanol–water partition coefficient (Wildman–Crippen LogP) is 3.19. The maximum absolute atomic E-state index is 12.2. The molecule has 2 N–H and O–H groups in total. The highest BCUT2D eigenvalue weighted by Gasteiger charge is 2.09. The Hall–Kier alpha value is -3.46. The minimum atomic E-state index is -0.418. The minimum absolute atomic E-state index is 0.0174. The Morgan fingerprint density at radius 1 is 1.15 bits per heavy atom. The molecule has 2 aromatic carbocycles. The molecule has 0 aromatic heterocycles. The summed E-state index contributed by atoms with van der Waals surface area (Å²) in [7, 11) is 3.16. The quantitative estimate of drug-likeness (QED) is 0.554. The van der Waals surface area contributed by atoms with Crippen LogP contribution in [0.15, 0.2) is 54.2 Å². The Bertz CT molecular complexity index is 869. The zero-order valence-electron chi connectivity index (χ0n) is 15.7. The van der Waals surface area contributed by atoms with Crippen LogP contribution in [0.4, 0.5) is 5.69 Å². The molecule has 6 heteroatoms. The molecule has 0 heterocycles. The molecule has 0 bridgehead atoms. The van der Waals surface area contributed by atoms with E-state index in [0.717, 1.165) is 16.8 Å². The first-order valence-corrected chi connectivity index (χ1v) is 8.50. The van der Waals surface area contributed by atoms with Crippen LogP contribution in [0.5, 0.6) is 11.5 Å². The number of hydrogen-bond donors (Lipinski definition) is 2. The summed E-state index contributed by atoms with van der Waals surface area (Å²) >= 11 is 0. The summed E-state index contributed by atoms with van der Waals surface area (Å²) < 4.78 is 10.5. The summed E-state index contributed by atoms with van der Waals surface area (Å²) in [6.45, 7) is 2.37. The van der Waals surface area contributed by atoms with Crippen molar-refractivity contribution in [3.05, 3.63) is 65.4 Å². The maximum Gasteiger partial charge on any atom is 0.263 e. The highest BCUT2D eigenvalue weighted by Crippen LogP contribution is 2.27. The first-order chi connectivity index (χ1) is 13.1. The lowest BCUT2D eigenvalue weighted by atomic mass is 10.1. The zero-order valence-corrected chi connectivity index (χ0v) is 15.7. The van der Waals surface area contributed by atoms with E-state index in [9.17, 15) is 10.1 Å². The largest absolute Gasteiger partial charge is 0.493 e. The smallest absolute Gasteiger partial charge is 0.263 e. The van der Waals surface area contributed by atoms with E-state index in [2.05, 4.69) is 10.6 Å². The summed E-state index contributed by atoms with van der Waals surface area (Å²) in [6.07, 6.45) is 2.02. The first-order valence-electron chi connectivity index (χ1n) is 8.50. The number of rotatable bonds is 8. The van der Waals surface area contributed by atoms with Crippen LogP contribution in [0.1, 0.15) is 11.1 Å². The molecule has 2 aromatic rings. The van der Waals surface area contributed by atoms with Gasteiger partial charge in [0.15, 0.2) is 11.5 Å². The standard InChI is InChI=1S/C21H23N3O3/c1-15-5-4-6-18(11-15)24-14-17(13-22)21(25)23-10-9-16-7-8-19(26-2)20(12-16)27-3/h4-8,11-12,14,24H,9-10H2,1-3H3,(H,23,25)/b17-14-. The number of carbonyl (C=O) groups is 1. The summed E-state index contributed by atoms with van der Waals surface area (Å²) in [6, 6.07) is 15.2. The van der Waals surface area contributed by atoms with Crippen molar-refractivity contribution in [2.75, 3.05) is 26.1 Å². The molecule has 0 saturated carbocycles. The van der Waals surface area contributed by atoms with Gasteiger partial charge >= 0.3 is 0 Å². The van der Waals surface area contributed by atoms with Crippen LogP contribution in [-0.4, -0.2) is 26.7 Å². The Labute approximate surface area is 159 Å². The lowest BCUT2D eigenvalue weighted by Crippen LogP contribution is -2.27. The molecule has 0 aliphatic heterocycles. The highest BCUT2D eigenvalue weighted by atomic mass is 16.5. The van der Waals surface area contributed by atoms with Crippen LogP contribution in [0.2, 0.25) is 0 Å². The molecule has 0 unspecified atom stereocenters. The average molecular weight is 365 g/mol. The van der Waals surface area contributed by atoms with Gasteiger partial charge in [-0.25, -0.2) is 0 Å². The Kier molecular flexibility index (Phi) is 7.26. The molecular formula is C21H23N3O3. The van der Waals surface area contributed by atoms with Gasteiger partial charge in [-0.05, 0) is 48.7 Å².